The van der Waals surface area contributed by atoms with E-state index in [2.05, 4.69) is 10.2 Å². The van der Waals surface area contributed by atoms with Gasteiger partial charge in [0.05, 0.1) is 24.0 Å². The van der Waals surface area contributed by atoms with Gasteiger partial charge < -0.3 is 15.8 Å². The van der Waals surface area contributed by atoms with Gasteiger partial charge in [-0.25, -0.2) is 4.79 Å². The summed E-state index contributed by atoms with van der Waals surface area (Å²) in [6.45, 7) is 2.36. The summed E-state index contributed by atoms with van der Waals surface area (Å²) in [5.41, 5.74) is 7.85. The topological polar surface area (TPSA) is 67.6 Å². The molecule has 0 saturated carbocycles. The molecule has 20 heavy (non-hydrogen) atoms. The Morgan fingerprint density at radius 2 is 2.25 bits per heavy atom. The first-order valence-corrected chi connectivity index (χ1v) is 7.18. The maximum atomic E-state index is 11.7. The molecule has 0 aliphatic carbocycles. The third kappa shape index (κ3) is 2.22. The molecule has 0 aromatic heterocycles. The van der Waals surface area contributed by atoms with Gasteiger partial charge in [0.1, 0.15) is 0 Å². The van der Waals surface area contributed by atoms with Gasteiger partial charge in [-0.05, 0) is 37.9 Å². The van der Waals surface area contributed by atoms with E-state index in [0.717, 1.165) is 18.7 Å². The van der Waals surface area contributed by atoms with Crippen LogP contribution in [-0.2, 0) is 4.74 Å². The lowest BCUT2D eigenvalue weighted by atomic mass is 10.1. The zero-order chi connectivity index (χ0) is 14.1. The number of anilines is 2. The maximum Gasteiger partial charge on any atom is 0.340 e. The van der Waals surface area contributed by atoms with Gasteiger partial charge in [0.15, 0.2) is 0 Å². The Bertz CT molecular complexity index is 518. The fourth-order valence-electron chi connectivity index (χ4n) is 3.43. The summed E-state index contributed by atoms with van der Waals surface area (Å²) >= 11 is 0. The van der Waals surface area contributed by atoms with Gasteiger partial charge in [-0.3, -0.25) is 4.90 Å². The van der Waals surface area contributed by atoms with Crippen molar-refractivity contribution in [3.05, 3.63) is 23.8 Å². The van der Waals surface area contributed by atoms with Crippen molar-refractivity contribution in [3.8, 4) is 0 Å². The molecule has 0 radical (unpaired) electrons. The lowest BCUT2D eigenvalue weighted by Gasteiger charge is -2.23. The molecule has 2 unspecified atom stereocenters. The number of benzene rings is 1. The van der Waals surface area contributed by atoms with Crippen molar-refractivity contribution in [1.82, 2.24) is 4.90 Å². The first-order valence-electron chi connectivity index (χ1n) is 7.18. The molecule has 0 spiro atoms. The number of nitrogens with one attached hydrogen (secondary N) is 1. The number of rotatable bonds is 3. The summed E-state index contributed by atoms with van der Waals surface area (Å²) in [6, 6.07) is 6.50. The van der Waals surface area contributed by atoms with Gasteiger partial charge in [0.2, 0.25) is 0 Å². The van der Waals surface area contributed by atoms with Crippen LogP contribution in [0.3, 0.4) is 0 Å². The molecule has 1 aromatic rings. The number of esters is 1. The molecule has 108 valence electrons. The molecule has 3 N–H and O–H groups in total. The number of methoxy groups -OCH3 is 1. The number of ether oxygens (including phenoxy) is 1. The van der Waals surface area contributed by atoms with Crippen LogP contribution >= 0.6 is 0 Å². The molecule has 1 aromatic carbocycles. The van der Waals surface area contributed by atoms with Gasteiger partial charge in [0, 0.05) is 18.6 Å². The van der Waals surface area contributed by atoms with Crippen LogP contribution in [-0.4, -0.2) is 43.2 Å². The van der Waals surface area contributed by atoms with Crippen molar-refractivity contribution < 1.29 is 9.53 Å². The Labute approximate surface area is 119 Å². The normalized spacial score (nSPS) is 25.4. The highest BCUT2D eigenvalue weighted by Gasteiger charge is 2.37. The summed E-state index contributed by atoms with van der Waals surface area (Å²) in [6.07, 6.45) is 3.65. The molecule has 0 amide bonds. The summed E-state index contributed by atoms with van der Waals surface area (Å²) < 4.78 is 4.76. The summed E-state index contributed by atoms with van der Waals surface area (Å²) in [5.74, 6) is -0.389. The number of fused-ring (bicyclic) bond motifs is 1. The van der Waals surface area contributed by atoms with Crippen LogP contribution in [0, 0.1) is 0 Å². The molecular formula is C15H21N3O2. The van der Waals surface area contributed by atoms with Crippen molar-refractivity contribution >= 4 is 17.3 Å². The molecule has 2 aliphatic heterocycles. The minimum atomic E-state index is -0.389. The van der Waals surface area contributed by atoms with Crippen LogP contribution in [0.5, 0.6) is 0 Å². The average molecular weight is 275 g/mol. The first kappa shape index (κ1) is 13.2. The lowest BCUT2D eigenvalue weighted by molar-refractivity contribution is 0.0602. The number of carbonyl (C=O) groups excluding carboxylic acids is 1. The highest BCUT2D eigenvalue weighted by Crippen LogP contribution is 2.32. The highest BCUT2D eigenvalue weighted by atomic mass is 16.5. The van der Waals surface area contributed by atoms with Crippen molar-refractivity contribution in [1.29, 1.82) is 0 Å². The van der Waals surface area contributed by atoms with Crippen molar-refractivity contribution in [2.75, 3.05) is 31.2 Å². The minimum absolute atomic E-state index is 0.389. The van der Waals surface area contributed by atoms with Crippen molar-refractivity contribution in [2.24, 2.45) is 0 Å². The number of hydrogen-bond donors (Lipinski definition) is 2. The van der Waals surface area contributed by atoms with Gasteiger partial charge in [-0.1, -0.05) is 6.07 Å². The second kappa shape index (κ2) is 5.32. The van der Waals surface area contributed by atoms with E-state index in [1.807, 2.05) is 12.1 Å². The SMILES string of the molecule is COC(=O)c1cccc(NC2CCN3CCCC23)c1N. The number of para-hydroxylation sites is 1. The van der Waals surface area contributed by atoms with Crippen LogP contribution in [0.4, 0.5) is 11.4 Å². The molecular weight excluding hydrogens is 254 g/mol. The lowest BCUT2D eigenvalue weighted by Crippen LogP contribution is -2.34. The van der Waals surface area contributed by atoms with Crippen LogP contribution < -0.4 is 11.1 Å². The zero-order valence-electron chi connectivity index (χ0n) is 11.8. The summed E-state index contributed by atoms with van der Waals surface area (Å²) in [5, 5.41) is 3.53. The number of nitrogen functional groups attached to an aromatic ring is 1. The summed E-state index contributed by atoms with van der Waals surface area (Å²) in [4.78, 5) is 14.2. The fourth-order valence-corrected chi connectivity index (χ4v) is 3.43. The second-order valence-corrected chi connectivity index (χ2v) is 5.54. The molecule has 0 bridgehead atoms. The maximum absolute atomic E-state index is 11.7. The predicted octanol–water partition coefficient (Wildman–Crippen LogP) is 1.70. The second-order valence-electron chi connectivity index (χ2n) is 5.54. The average Bonchev–Trinajstić information content (AvgIpc) is 3.05. The van der Waals surface area contributed by atoms with Crippen molar-refractivity contribution in [2.45, 2.75) is 31.3 Å². The Balaban J connectivity index is 1.79. The Morgan fingerprint density at radius 1 is 1.40 bits per heavy atom. The quantitative estimate of drug-likeness (QED) is 0.649. The standard InChI is InChI=1S/C15H21N3O2/c1-20-15(19)10-4-2-5-12(14(10)16)17-11-7-9-18-8-3-6-13(11)18/h2,4-5,11,13,17H,3,6-9,16H2,1H3. The molecule has 5 nitrogen and oxygen atoms in total. The van der Waals surface area contributed by atoms with Crippen LogP contribution in [0.25, 0.3) is 0 Å². The van der Waals surface area contributed by atoms with Crippen LogP contribution in [0.1, 0.15) is 29.6 Å². The largest absolute Gasteiger partial charge is 0.465 e. The van der Waals surface area contributed by atoms with Gasteiger partial charge in [0.25, 0.3) is 0 Å². The van der Waals surface area contributed by atoms with Crippen LogP contribution in [0.2, 0.25) is 0 Å². The smallest absolute Gasteiger partial charge is 0.340 e. The number of carbonyl (C=O) groups is 1. The number of nitrogens with zero attached hydrogens (tertiary/aromatic N) is 1. The zero-order valence-corrected chi connectivity index (χ0v) is 11.8. The van der Waals surface area contributed by atoms with E-state index in [1.54, 1.807) is 6.07 Å². The third-order valence-corrected chi connectivity index (χ3v) is 4.46. The van der Waals surface area contributed by atoms with E-state index in [4.69, 9.17) is 10.5 Å². The van der Waals surface area contributed by atoms with E-state index in [9.17, 15) is 4.79 Å². The van der Waals surface area contributed by atoms with Gasteiger partial charge in [-0.2, -0.15) is 0 Å². The predicted molar refractivity (Wildman–Crippen MR) is 78.8 cm³/mol. The molecule has 5 heteroatoms. The first-order chi connectivity index (χ1) is 9.70. The van der Waals surface area contributed by atoms with Crippen molar-refractivity contribution in [3.63, 3.8) is 0 Å². The van der Waals surface area contributed by atoms with Gasteiger partial charge in [-0.15, -0.1) is 0 Å². The Kier molecular flexibility index (Phi) is 3.53. The van der Waals surface area contributed by atoms with E-state index in [1.165, 1.54) is 26.5 Å². The van der Waals surface area contributed by atoms with E-state index in [0.29, 0.717) is 23.3 Å². The molecule has 2 atom stereocenters. The highest BCUT2D eigenvalue weighted by molar-refractivity contribution is 5.98. The molecule has 3 rings (SSSR count). The molecule has 2 fully saturated rings. The summed E-state index contributed by atoms with van der Waals surface area (Å²) in [7, 11) is 1.37. The third-order valence-electron chi connectivity index (χ3n) is 4.46. The Morgan fingerprint density at radius 3 is 3.05 bits per heavy atom. The number of nitrogens with two attached hydrogens (primary N) is 1. The van der Waals surface area contributed by atoms with E-state index in [-0.39, 0.29) is 5.97 Å². The monoisotopic (exact) mass is 275 g/mol. The molecule has 2 saturated heterocycles. The van der Waals surface area contributed by atoms with E-state index < -0.39 is 0 Å². The molecule has 2 heterocycles. The number of hydrogen-bond acceptors (Lipinski definition) is 5. The minimum Gasteiger partial charge on any atom is -0.465 e. The Hall–Kier alpha value is -1.75. The van der Waals surface area contributed by atoms with Gasteiger partial charge >= 0.3 is 5.97 Å². The fraction of sp³-hybridized carbons (Fsp3) is 0.533. The van der Waals surface area contributed by atoms with E-state index >= 15 is 0 Å². The molecule has 2 aliphatic rings. The van der Waals surface area contributed by atoms with Crippen LogP contribution in [0.15, 0.2) is 18.2 Å².